The Morgan fingerprint density at radius 1 is 1.37 bits per heavy atom. The standard InChI is InChI=1S/C13H16N4O2/c18-13(10-4-7-19-8-5-10)14-9-12-16-15-11-3-1-2-6-17(11)12/h1-3,6,10H,4-5,7-9H2,(H,14,18). The highest BCUT2D eigenvalue weighted by molar-refractivity contribution is 5.78. The fourth-order valence-corrected chi connectivity index (χ4v) is 2.28. The summed E-state index contributed by atoms with van der Waals surface area (Å²) in [7, 11) is 0. The van der Waals surface area contributed by atoms with Gasteiger partial charge in [-0.05, 0) is 25.0 Å². The maximum absolute atomic E-state index is 12.0. The van der Waals surface area contributed by atoms with Crippen LogP contribution in [0.2, 0.25) is 0 Å². The summed E-state index contributed by atoms with van der Waals surface area (Å²) in [5.74, 6) is 0.889. The van der Waals surface area contributed by atoms with Crippen LogP contribution in [0.25, 0.3) is 5.65 Å². The molecule has 1 N–H and O–H groups in total. The van der Waals surface area contributed by atoms with Crippen molar-refractivity contribution in [1.29, 1.82) is 0 Å². The van der Waals surface area contributed by atoms with Crippen molar-refractivity contribution in [2.75, 3.05) is 13.2 Å². The molecule has 0 bridgehead atoms. The van der Waals surface area contributed by atoms with Crippen molar-refractivity contribution in [3.8, 4) is 0 Å². The van der Waals surface area contributed by atoms with E-state index in [4.69, 9.17) is 4.74 Å². The molecule has 2 aromatic rings. The molecule has 0 saturated carbocycles. The predicted octanol–water partition coefficient (Wildman–Crippen LogP) is 0.772. The monoisotopic (exact) mass is 260 g/mol. The smallest absolute Gasteiger partial charge is 0.223 e. The molecular formula is C13H16N4O2. The molecule has 19 heavy (non-hydrogen) atoms. The molecule has 1 aliphatic rings. The Kier molecular flexibility index (Phi) is 3.41. The summed E-state index contributed by atoms with van der Waals surface area (Å²) in [4.78, 5) is 12.0. The summed E-state index contributed by atoms with van der Waals surface area (Å²) in [5, 5.41) is 11.1. The second kappa shape index (κ2) is 5.36. The molecule has 0 radical (unpaired) electrons. The van der Waals surface area contributed by atoms with Gasteiger partial charge in [0.05, 0.1) is 6.54 Å². The Morgan fingerprint density at radius 2 is 2.21 bits per heavy atom. The van der Waals surface area contributed by atoms with Crippen molar-refractivity contribution < 1.29 is 9.53 Å². The lowest BCUT2D eigenvalue weighted by Crippen LogP contribution is -2.34. The van der Waals surface area contributed by atoms with Crippen molar-refractivity contribution in [2.24, 2.45) is 5.92 Å². The molecule has 0 atom stereocenters. The van der Waals surface area contributed by atoms with Crippen molar-refractivity contribution in [3.05, 3.63) is 30.2 Å². The second-order valence-electron chi connectivity index (χ2n) is 4.65. The lowest BCUT2D eigenvalue weighted by Gasteiger charge is -2.20. The average molecular weight is 260 g/mol. The molecular weight excluding hydrogens is 244 g/mol. The predicted molar refractivity (Wildman–Crippen MR) is 68.4 cm³/mol. The maximum Gasteiger partial charge on any atom is 0.223 e. The highest BCUT2D eigenvalue weighted by Crippen LogP contribution is 2.14. The zero-order chi connectivity index (χ0) is 13.1. The topological polar surface area (TPSA) is 68.5 Å². The van der Waals surface area contributed by atoms with Crippen LogP contribution in [0.15, 0.2) is 24.4 Å². The van der Waals surface area contributed by atoms with Crippen LogP contribution in [0.3, 0.4) is 0 Å². The van der Waals surface area contributed by atoms with Crippen LogP contribution < -0.4 is 5.32 Å². The Bertz CT molecular complexity index is 575. The molecule has 0 aromatic carbocycles. The Hall–Kier alpha value is -1.95. The molecule has 1 aliphatic heterocycles. The largest absolute Gasteiger partial charge is 0.381 e. The fourth-order valence-electron chi connectivity index (χ4n) is 2.28. The molecule has 1 fully saturated rings. The van der Waals surface area contributed by atoms with Crippen LogP contribution in [0.5, 0.6) is 0 Å². The van der Waals surface area contributed by atoms with Gasteiger partial charge in [-0.3, -0.25) is 9.20 Å². The van der Waals surface area contributed by atoms with E-state index in [-0.39, 0.29) is 11.8 Å². The van der Waals surface area contributed by atoms with E-state index in [2.05, 4.69) is 15.5 Å². The number of rotatable bonds is 3. The number of amides is 1. The number of pyridine rings is 1. The lowest BCUT2D eigenvalue weighted by atomic mass is 9.99. The summed E-state index contributed by atoms with van der Waals surface area (Å²) >= 11 is 0. The van der Waals surface area contributed by atoms with Gasteiger partial charge in [-0.1, -0.05) is 6.07 Å². The first-order valence-corrected chi connectivity index (χ1v) is 6.49. The van der Waals surface area contributed by atoms with E-state index in [0.29, 0.717) is 19.8 Å². The van der Waals surface area contributed by atoms with Crippen molar-refractivity contribution in [1.82, 2.24) is 19.9 Å². The van der Waals surface area contributed by atoms with Gasteiger partial charge in [0, 0.05) is 25.3 Å². The Balaban J connectivity index is 1.64. The van der Waals surface area contributed by atoms with Crippen LogP contribution in [0, 0.1) is 5.92 Å². The molecule has 1 saturated heterocycles. The zero-order valence-electron chi connectivity index (χ0n) is 10.6. The van der Waals surface area contributed by atoms with Crippen molar-refractivity contribution in [2.45, 2.75) is 19.4 Å². The summed E-state index contributed by atoms with van der Waals surface area (Å²) in [5.41, 5.74) is 0.790. The van der Waals surface area contributed by atoms with Crippen LogP contribution in [-0.2, 0) is 16.1 Å². The number of ether oxygens (including phenoxy) is 1. The molecule has 100 valence electrons. The summed E-state index contributed by atoms with van der Waals surface area (Å²) in [6, 6.07) is 5.71. The third-order valence-corrected chi connectivity index (χ3v) is 3.40. The fraction of sp³-hybridized carbons (Fsp3) is 0.462. The first kappa shape index (κ1) is 12.1. The SMILES string of the molecule is O=C(NCc1nnc2ccccn12)C1CCOCC1. The van der Waals surface area contributed by atoms with Crippen LogP contribution in [-0.4, -0.2) is 33.7 Å². The highest BCUT2D eigenvalue weighted by atomic mass is 16.5. The summed E-state index contributed by atoms with van der Waals surface area (Å²) in [6.45, 7) is 1.75. The number of hydrogen-bond donors (Lipinski definition) is 1. The van der Waals surface area contributed by atoms with E-state index in [0.717, 1.165) is 24.3 Å². The molecule has 2 aromatic heterocycles. The molecule has 3 heterocycles. The van der Waals surface area contributed by atoms with Gasteiger partial charge < -0.3 is 10.1 Å². The van der Waals surface area contributed by atoms with Crippen LogP contribution in [0.1, 0.15) is 18.7 Å². The molecule has 0 spiro atoms. The van der Waals surface area contributed by atoms with Gasteiger partial charge in [0.15, 0.2) is 11.5 Å². The third-order valence-electron chi connectivity index (χ3n) is 3.40. The first-order valence-electron chi connectivity index (χ1n) is 6.49. The minimum Gasteiger partial charge on any atom is -0.381 e. The second-order valence-corrected chi connectivity index (χ2v) is 4.65. The molecule has 3 rings (SSSR count). The normalized spacial score (nSPS) is 16.6. The van der Waals surface area contributed by atoms with Gasteiger partial charge in [-0.15, -0.1) is 10.2 Å². The summed E-state index contributed by atoms with van der Waals surface area (Å²) in [6.07, 6.45) is 3.49. The zero-order valence-corrected chi connectivity index (χ0v) is 10.6. The van der Waals surface area contributed by atoms with Gasteiger partial charge in [0.25, 0.3) is 0 Å². The van der Waals surface area contributed by atoms with E-state index in [1.54, 1.807) is 0 Å². The molecule has 0 unspecified atom stereocenters. The maximum atomic E-state index is 12.0. The van der Waals surface area contributed by atoms with E-state index in [9.17, 15) is 4.79 Å². The van der Waals surface area contributed by atoms with E-state index in [1.165, 1.54) is 0 Å². The number of nitrogens with one attached hydrogen (secondary N) is 1. The number of nitrogens with zero attached hydrogens (tertiary/aromatic N) is 3. The van der Waals surface area contributed by atoms with Gasteiger partial charge in [0.1, 0.15) is 0 Å². The van der Waals surface area contributed by atoms with Crippen molar-refractivity contribution in [3.63, 3.8) is 0 Å². The Morgan fingerprint density at radius 3 is 3.05 bits per heavy atom. The van der Waals surface area contributed by atoms with Crippen molar-refractivity contribution >= 4 is 11.6 Å². The van der Waals surface area contributed by atoms with Gasteiger partial charge in [0.2, 0.25) is 5.91 Å². The van der Waals surface area contributed by atoms with Gasteiger partial charge in [-0.25, -0.2) is 0 Å². The minimum atomic E-state index is 0.0629. The van der Waals surface area contributed by atoms with Gasteiger partial charge in [-0.2, -0.15) is 0 Å². The molecule has 1 amide bonds. The number of fused-ring (bicyclic) bond motifs is 1. The van der Waals surface area contributed by atoms with Crippen LogP contribution in [0.4, 0.5) is 0 Å². The lowest BCUT2D eigenvalue weighted by molar-refractivity contribution is -0.128. The van der Waals surface area contributed by atoms with E-state index in [1.807, 2.05) is 28.8 Å². The number of carbonyl (C=O) groups is 1. The molecule has 0 aliphatic carbocycles. The molecule has 6 heteroatoms. The highest BCUT2D eigenvalue weighted by Gasteiger charge is 2.21. The third kappa shape index (κ3) is 2.58. The van der Waals surface area contributed by atoms with Crippen LogP contribution >= 0.6 is 0 Å². The average Bonchev–Trinajstić information content (AvgIpc) is 2.89. The first-order chi connectivity index (χ1) is 9.34. The quantitative estimate of drug-likeness (QED) is 0.885. The number of hydrogen-bond acceptors (Lipinski definition) is 4. The Labute approximate surface area is 110 Å². The number of carbonyl (C=O) groups excluding carboxylic acids is 1. The van der Waals surface area contributed by atoms with E-state index < -0.39 is 0 Å². The minimum absolute atomic E-state index is 0.0629. The molecule has 6 nitrogen and oxygen atoms in total. The number of aromatic nitrogens is 3. The van der Waals surface area contributed by atoms with E-state index >= 15 is 0 Å². The summed E-state index contributed by atoms with van der Waals surface area (Å²) < 4.78 is 7.13. The van der Waals surface area contributed by atoms with Gasteiger partial charge >= 0.3 is 0 Å².